The van der Waals surface area contributed by atoms with Gasteiger partial charge in [0.1, 0.15) is 0 Å². The molecule has 2 aromatic carbocycles. The normalized spacial score (nSPS) is 11.6. The van der Waals surface area contributed by atoms with Crippen LogP contribution in [0.5, 0.6) is 0 Å². The summed E-state index contributed by atoms with van der Waals surface area (Å²) in [6.07, 6.45) is 0.830. The van der Waals surface area contributed by atoms with Crippen LogP contribution in [-0.4, -0.2) is 28.8 Å². The highest BCUT2D eigenvalue weighted by Gasteiger charge is 2.23. The van der Waals surface area contributed by atoms with Gasteiger partial charge in [-0.2, -0.15) is 0 Å². The first-order valence-corrected chi connectivity index (χ1v) is 7.47. The van der Waals surface area contributed by atoms with Crippen molar-refractivity contribution in [2.24, 2.45) is 0 Å². The highest BCUT2D eigenvalue weighted by atomic mass is 16.6. The minimum atomic E-state index is -1.06. The van der Waals surface area contributed by atoms with Gasteiger partial charge in [0.2, 0.25) is 0 Å². The fourth-order valence-electron chi connectivity index (χ4n) is 2.84. The molecule has 0 saturated carbocycles. The summed E-state index contributed by atoms with van der Waals surface area (Å²) < 4.78 is 4.59. The number of carbonyl (C=O) groups excluding carboxylic acids is 2. The number of rotatable bonds is 3. The van der Waals surface area contributed by atoms with E-state index in [1.54, 1.807) is 6.92 Å². The van der Waals surface area contributed by atoms with Gasteiger partial charge in [-0.25, -0.2) is 9.86 Å². The Morgan fingerprint density at radius 1 is 1.13 bits per heavy atom. The van der Waals surface area contributed by atoms with E-state index in [2.05, 4.69) is 16.9 Å². The Hall–Kier alpha value is -2.66. The topological polar surface area (TPSA) is 66.8 Å². The van der Waals surface area contributed by atoms with Gasteiger partial charge in [0.25, 0.3) is 0 Å². The molecule has 1 amide bonds. The van der Waals surface area contributed by atoms with Gasteiger partial charge in [-0.15, -0.1) is 0 Å². The van der Waals surface area contributed by atoms with Crippen molar-refractivity contribution in [1.29, 1.82) is 0 Å². The smallest absolute Gasteiger partial charge is 0.399 e. The molecule has 5 heteroatoms. The van der Waals surface area contributed by atoms with Crippen LogP contribution in [0.15, 0.2) is 42.5 Å². The number of fused-ring (bicyclic) bond motifs is 3. The molecule has 1 aliphatic carbocycles. The monoisotopic (exact) mass is 311 g/mol. The Morgan fingerprint density at radius 2 is 1.87 bits per heavy atom. The first-order valence-electron chi connectivity index (χ1n) is 7.47. The van der Waals surface area contributed by atoms with Crippen molar-refractivity contribution < 1.29 is 19.5 Å². The number of nitrogens with zero attached hydrogens (tertiary/aromatic N) is 1. The molecular formula is C18H17NO4. The molecule has 118 valence electrons. The summed E-state index contributed by atoms with van der Waals surface area (Å²) in [4.78, 5) is 23.0. The molecule has 0 aromatic heterocycles. The molecule has 0 atom stereocenters. The molecule has 0 bridgehead atoms. The van der Waals surface area contributed by atoms with E-state index in [4.69, 9.17) is 0 Å². The quantitative estimate of drug-likeness (QED) is 0.349. The Bertz CT molecular complexity index is 769. The highest BCUT2D eigenvalue weighted by molar-refractivity contribution is 6.31. The maximum atomic E-state index is 11.7. The lowest BCUT2D eigenvalue weighted by molar-refractivity contribution is -0.182. The van der Waals surface area contributed by atoms with Gasteiger partial charge in [0.05, 0.1) is 13.2 Å². The van der Waals surface area contributed by atoms with Gasteiger partial charge in [0.15, 0.2) is 0 Å². The van der Waals surface area contributed by atoms with Crippen LogP contribution in [-0.2, 0) is 27.3 Å². The van der Waals surface area contributed by atoms with Crippen LogP contribution in [0.3, 0.4) is 0 Å². The summed E-state index contributed by atoms with van der Waals surface area (Å²) in [7, 11) is 0. The summed E-state index contributed by atoms with van der Waals surface area (Å²) in [5, 5.41) is 10.2. The van der Waals surface area contributed by atoms with Gasteiger partial charge in [-0.1, -0.05) is 42.5 Å². The Balaban J connectivity index is 1.75. The number of hydroxylamine groups is 2. The summed E-state index contributed by atoms with van der Waals surface area (Å²) in [5.74, 6) is -2.11. The number of esters is 1. The predicted octanol–water partition coefficient (Wildman–Crippen LogP) is 2.54. The summed E-state index contributed by atoms with van der Waals surface area (Å²) in [6, 6.07) is 14.0. The van der Waals surface area contributed by atoms with E-state index in [0.717, 1.165) is 17.5 Å². The molecule has 5 nitrogen and oxygen atoms in total. The van der Waals surface area contributed by atoms with Crippen molar-refractivity contribution in [3.63, 3.8) is 0 Å². The van der Waals surface area contributed by atoms with Gasteiger partial charge in [-0.3, -0.25) is 10.0 Å². The SMILES string of the molecule is CCOC(=O)C(=O)N(O)Cc1ccc2c(c1)Cc1ccccc1-2. The fraction of sp³-hybridized carbons (Fsp3) is 0.222. The van der Waals surface area contributed by atoms with Crippen LogP contribution in [0.25, 0.3) is 11.1 Å². The number of hydrogen-bond acceptors (Lipinski definition) is 4. The second-order valence-electron chi connectivity index (χ2n) is 5.41. The zero-order chi connectivity index (χ0) is 16.4. The van der Waals surface area contributed by atoms with Gasteiger partial charge >= 0.3 is 11.9 Å². The second kappa shape index (κ2) is 6.22. The molecule has 0 aliphatic heterocycles. The minimum absolute atomic E-state index is 0.0543. The molecule has 0 fully saturated rings. The molecule has 3 rings (SSSR count). The van der Waals surface area contributed by atoms with E-state index in [0.29, 0.717) is 5.06 Å². The van der Waals surface area contributed by atoms with Crippen LogP contribution in [0.2, 0.25) is 0 Å². The summed E-state index contributed by atoms with van der Waals surface area (Å²) in [6.45, 7) is 1.64. The van der Waals surface area contributed by atoms with Crippen molar-refractivity contribution in [2.45, 2.75) is 19.9 Å². The number of carbonyl (C=O) groups is 2. The zero-order valence-corrected chi connectivity index (χ0v) is 12.8. The van der Waals surface area contributed by atoms with Crippen LogP contribution >= 0.6 is 0 Å². The van der Waals surface area contributed by atoms with Crippen LogP contribution < -0.4 is 0 Å². The van der Waals surface area contributed by atoms with E-state index in [9.17, 15) is 14.8 Å². The van der Waals surface area contributed by atoms with E-state index in [-0.39, 0.29) is 13.2 Å². The van der Waals surface area contributed by atoms with Crippen LogP contribution in [0.1, 0.15) is 23.6 Å². The second-order valence-corrected chi connectivity index (χ2v) is 5.41. The molecule has 0 radical (unpaired) electrons. The minimum Gasteiger partial charge on any atom is -0.459 e. The molecule has 1 N–H and O–H groups in total. The predicted molar refractivity (Wildman–Crippen MR) is 83.7 cm³/mol. The number of amides is 1. The number of hydrogen-bond donors (Lipinski definition) is 1. The standard InChI is InChI=1S/C18H17NO4/c1-2-23-18(21)17(20)19(22)11-12-7-8-16-14(9-12)10-13-5-3-4-6-15(13)16/h3-9,22H,2,10-11H2,1H3. The molecular weight excluding hydrogens is 294 g/mol. The Kier molecular flexibility index (Phi) is 4.12. The summed E-state index contributed by atoms with van der Waals surface area (Å²) >= 11 is 0. The van der Waals surface area contributed by atoms with Crippen molar-refractivity contribution in [1.82, 2.24) is 5.06 Å². The van der Waals surface area contributed by atoms with E-state index >= 15 is 0 Å². The van der Waals surface area contributed by atoms with E-state index in [1.807, 2.05) is 30.3 Å². The number of benzene rings is 2. The average molecular weight is 311 g/mol. The van der Waals surface area contributed by atoms with Crippen LogP contribution in [0, 0.1) is 0 Å². The molecule has 1 aliphatic rings. The highest BCUT2D eigenvalue weighted by Crippen LogP contribution is 2.36. The molecule has 0 heterocycles. The van der Waals surface area contributed by atoms with Gasteiger partial charge < -0.3 is 4.74 Å². The molecule has 2 aromatic rings. The maximum absolute atomic E-state index is 11.7. The van der Waals surface area contributed by atoms with E-state index < -0.39 is 11.9 Å². The molecule has 0 spiro atoms. The number of ether oxygens (including phenoxy) is 1. The molecule has 23 heavy (non-hydrogen) atoms. The van der Waals surface area contributed by atoms with Gasteiger partial charge in [0, 0.05) is 0 Å². The third-order valence-corrected chi connectivity index (χ3v) is 3.87. The van der Waals surface area contributed by atoms with Crippen molar-refractivity contribution >= 4 is 11.9 Å². The van der Waals surface area contributed by atoms with Gasteiger partial charge in [-0.05, 0) is 41.2 Å². The first kappa shape index (κ1) is 15.2. The van der Waals surface area contributed by atoms with Crippen molar-refractivity contribution in [3.05, 3.63) is 59.2 Å². The molecule has 0 unspecified atom stereocenters. The Labute approximate surface area is 134 Å². The van der Waals surface area contributed by atoms with Crippen LogP contribution in [0.4, 0.5) is 0 Å². The zero-order valence-electron chi connectivity index (χ0n) is 12.8. The molecule has 0 saturated heterocycles. The average Bonchev–Trinajstić information content (AvgIpc) is 2.91. The van der Waals surface area contributed by atoms with Crippen molar-refractivity contribution in [3.8, 4) is 11.1 Å². The lowest BCUT2D eigenvalue weighted by Crippen LogP contribution is -2.34. The van der Waals surface area contributed by atoms with Crippen molar-refractivity contribution in [2.75, 3.05) is 6.61 Å². The largest absolute Gasteiger partial charge is 0.459 e. The van der Waals surface area contributed by atoms with E-state index in [1.165, 1.54) is 16.7 Å². The fourth-order valence-corrected chi connectivity index (χ4v) is 2.84. The first-order chi connectivity index (χ1) is 11.1. The maximum Gasteiger partial charge on any atom is 0.399 e. The third-order valence-electron chi connectivity index (χ3n) is 3.87. The lowest BCUT2D eigenvalue weighted by Gasteiger charge is -2.14. The third kappa shape index (κ3) is 2.96. The lowest BCUT2D eigenvalue weighted by atomic mass is 10.0. The Morgan fingerprint density at radius 3 is 2.65 bits per heavy atom. The summed E-state index contributed by atoms with van der Waals surface area (Å²) in [5.41, 5.74) is 5.57.